The third-order valence-electron chi connectivity index (χ3n) is 2.79. The number of benzene rings is 1. The highest BCUT2D eigenvalue weighted by Crippen LogP contribution is 2.22. The number of amides is 1. The largest absolute Gasteiger partial charge is 0.478 e. The van der Waals surface area contributed by atoms with Crippen LogP contribution in [0.5, 0.6) is 0 Å². The van der Waals surface area contributed by atoms with Crippen molar-refractivity contribution in [1.29, 1.82) is 0 Å². The minimum atomic E-state index is -1.04. The summed E-state index contributed by atoms with van der Waals surface area (Å²) in [4.78, 5) is 24.5. The van der Waals surface area contributed by atoms with Crippen molar-refractivity contribution in [2.45, 2.75) is 26.3 Å². The Morgan fingerprint density at radius 3 is 2.60 bits per heavy atom. The molecule has 1 rings (SSSR count). The molecule has 1 aromatic rings. The third kappa shape index (κ3) is 4.46. The fourth-order valence-corrected chi connectivity index (χ4v) is 1.84. The molecule has 1 aromatic carbocycles. The Hall–Kier alpha value is -2.24. The molecule has 0 spiro atoms. The summed E-state index contributed by atoms with van der Waals surface area (Å²) in [5.41, 5.74) is 6.68. The summed E-state index contributed by atoms with van der Waals surface area (Å²) in [5, 5.41) is 12.0. The van der Waals surface area contributed by atoms with Crippen molar-refractivity contribution in [2.24, 2.45) is 0 Å². The van der Waals surface area contributed by atoms with Crippen LogP contribution in [0, 0.1) is 0 Å². The molecule has 6 heteroatoms. The summed E-state index contributed by atoms with van der Waals surface area (Å²) < 4.78 is 0. The molecular formula is C14H21N3O3. The molecule has 0 radical (unpaired) electrons. The van der Waals surface area contributed by atoms with E-state index in [1.54, 1.807) is 24.1 Å². The van der Waals surface area contributed by atoms with E-state index >= 15 is 0 Å². The first-order valence-corrected chi connectivity index (χ1v) is 6.44. The number of carboxylic acids is 1. The van der Waals surface area contributed by atoms with Gasteiger partial charge in [-0.2, -0.15) is 0 Å². The zero-order valence-electron chi connectivity index (χ0n) is 12.0. The number of carboxylic acid groups (broad SMARTS) is 1. The number of nitrogens with two attached hydrogens (primary N) is 1. The molecule has 0 heterocycles. The summed E-state index contributed by atoms with van der Waals surface area (Å²) in [6, 6.07) is 4.81. The van der Waals surface area contributed by atoms with E-state index in [1.165, 1.54) is 6.07 Å². The van der Waals surface area contributed by atoms with Crippen molar-refractivity contribution in [3.63, 3.8) is 0 Å². The van der Waals surface area contributed by atoms with Crippen LogP contribution in [0.4, 0.5) is 11.4 Å². The van der Waals surface area contributed by atoms with Crippen molar-refractivity contribution in [1.82, 2.24) is 5.32 Å². The minimum Gasteiger partial charge on any atom is -0.478 e. The molecule has 0 aromatic heterocycles. The molecule has 0 aliphatic rings. The number of aromatic carboxylic acids is 1. The van der Waals surface area contributed by atoms with Gasteiger partial charge in [0.2, 0.25) is 5.91 Å². The van der Waals surface area contributed by atoms with Crippen molar-refractivity contribution >= 4 is 23.3 Å². The van der Waals surface area contributed by atoms with Crippen LogP contribution < -0.4 is 16.0 Å². The van der Waals surface area contributed by atoms with Gasteiger partial charge in [0.05, 0.1) is 11.3 Å². The van der Waals surface area contributed by atoms with E-state index in [0.717, 1.165) is 0 Å². The van der Waals surface area contributed by atoms with E-state index in [9.17, 15) is 14.7 Å². The zero-order valence-corrected chi connectivity index (χ0v) is 12.0. The van der Waals surface area contributed by atoms with Gasteiger partial charge in [0, 0.05) is 31.7 Å². The van der Waals surface area contributed by atoms with E-state index in [0.29, 0.717) is 24.3 Å². The van der Waals surface area contributed by atoms with Crippen LogP contribution in [0.25, 0.3) is 0 Å². The Labute approximate surface area is 118 Å². The molecule has 1 amide bonds. The molecule has 4 N–H and O–H groups in total. The standard InChI is InChI=1S/C14H21N3O3/c1-9(2)16-13(18)6-7-17(3)12-5-4-10(15)8-11(12)14(19)20/h4-5,8-9H,6-7,15H2,1-3H3,(H,16,18)(H,19,20). The molecule has 0 unspecified atom stereocenters. The molecule has 0 atom stereocenters. The van der Waals surface area contributed by atoms with Crippen LogP contribution in [-0.2, 0) is 4.79 Å². The van der Waals surface area contributed by atoms with Crippen LogP contribution in [0.2, 0.25) is 0 Å². The lowest BCUT2D eigenvalue weighted by Gasteiger charge is -2.21. The lowest BCUT2D eigenvalue weighted by Crippen LogP contribution is -2.33. The molecule has 20 heavy (non-hydrogen) atoms. The molecule has 0 aliphatic heterocycles. The normalized spacial score (nSPS) is 10.4. The summed E-state index contributed by atoms with van der Waals surface area (Å²) in [6.45, 7) is 4.22. The van der Waals surface area contributed by atoms with Gasteiger partial charge in [-0.3, -0.25) is 4.79 Å². The highest BCUT2D eigenvalue weighted by atomic mass is 16.4. The first-order chi connectivity index (χ1) is 9.31. The van der Waals surface area contributed by atoms with Gasteiger partial charge in [-0.1, -0.05) is 0 Å². The van der Waals surface area contributed by atoms with Crippen molar-refractivity contribution < 1.29 is 14.7 Å². The molecule has 6 nitrogen and oxygen atoms in total. The van der Waals surface area contributed by atoms with E-state index in [4.69, 9.17) is 5.73 Å². The van der Waals surface area contributed by atoms with Crippen LogP contribution in [-0.4, -0.2) is 36.6 Å². The molecule has 0 saturated carbocycles. The Bertz CT molecular complexity index is 500. The van der Waals surface area contributed by atoms with Crippen LogP contribution in [0.1, 0.15) is 30.6 Å². The van der Waals surface area contributed by atoms with Gasteiger partial charge >= 0.3 is 5.97 Å². The number of nitrogens with zero attached hydrogens (tertiary/aromatic N) is 1. The molecule has 0 bridgehead atoms. The Balaban J connectivity index is 2.75. The SMILES string of the molecule is CC(C)NC(=O)CCN(C)c1ccc(N)cc1C(=O)O. The topological polar surface area (TPSA) is 95.7 Å². The lowest BCUT2D eigenvalue weighted by atomic mass is 10.1. The molecular weight excluding hydrogens is 258 g/mol. The van der Waals surface area contributed by atoms with Crippen molar-refractivity contribution in [3.8, 4) is 0 Å². The quantitative estimate of drug-likeness (QED) is 0.682. The monoisotopic (exact) mass is 279 g/mol. The van der Waals surface area contributed by atoms with E-state index in [-0.39, 0.29) is 17.5 Å². The number of hydrogen-bond donors (Lipinski definition) is 3. The van der Waals surface area contributed by atoms with Crippen LogP contribution in [0.3, 0.4) is 0 Å². The Kier molecular flexibility index (Phi) is 5.37. The summed E-state index contributed by atoms with van der Waals surface area (Å²) in [7, 11) is 1.75. The fraction of sp³-hybridized carbons (Fsp3) is 0.429. The van der Waals surface area contributed by atoms with Gasteiger partial charge in [-0.15, -0.1) is 0 Å². The average Bonchev–Trinajstić information content (AvgIpc) is 2.35. The highest BCUT2D eigenvalue weighted by molar-refractivity contribution is 5.95. The van der Waals surface area contributed by atoms with E-state index < -0.39 is 5.97 Å². The third-order valence-corrected chi connectivity index (χ3v) is 2.79. The zero-order chi connectivity index (χ0) is 15.3. The maximum absolute atomic E-state index is 11.6. The Morgan fingerprint density at radius 2 is 2.05 bits per heavy atom. The number of nitrogens with one attached hydrogen (secondary N) is 1. The molecule has 0 saturated heterocycles. The predicted molar refractivity (Wildman–Crippen MR) is 79.0 cm³/mol. The maximum Gasteiger partial charge on any atom is 0.337 e. The molecule has 0 fully saturated rings. The van der Waals surface area contributed by atoms with Gasteiger partial charge < -0.3 is 21.1 Å². The predicted octanol–water partition coefficient (Wildman–Crippen LogP) is 1.32. The molecule has 110 valence electrons. The maximum atomic E-state index is 11.6. The van der Waals surface area contributed by atoms with Gasteiger partial charge in [0.15, 0.2) is 0 Å². The van der Waals surface area contributed by atoms with E-state index in [1.807, 2.05) is 13.8 Å². The fourth-order valence-electron chi connectivity index (χ4n) is 1.84. The average molecular weight is 279 g/mol. The van der Waals surface area contributed by atoms with Crippen LogP contribution >= 0.6 is 0 Å². The van der Waals surface area contributed by atoms with Crippen molar-refractivity contribution in [3.05, 3.63) is 23.8 Å². The smallest absolute Gasteiger partial charge is 0.337 e. The number of anilines is 2. The second-order valence-corrected chi connectivity index (χ2v) is 4.98. The number of carbonyl (C=O) groups excluding carboxylic acids is 1. The van der Waals surface area contributed by atoms with Gasteiger partial charge in [0.1, 0.15) is 0 Å². The summed E-state index contributed by atoms with van der Waals surface area (Å²) in [6.07, 6.45) is 0.304. The number of hydrogen-bond acceptors (Lipinski definition) is 4. The summed E-state index contributed by atoms with van der Waals surface area (Å²) in [5.74, 6) is -1.09. The first-order valence-electron chi connectivity index (χ1n) is 6.44. The van der Waals surface area contributed by atoms with Gasteiger partial charge in [0.25, 0.3) is 0 Å². The number of rotatable bonds is 6. The Morgan fingerprint density at radius 1 is 1.40 bits per heavy atom. The minimum absolute atomic E-state index is 0.0563. The van der Waals surface area contributed by atoms with Gasteiger partial charge in [-0.25, -0.2) is 4.79 Å². The molecule has 0 aliphatic carbocycles. The lowest BCUT2D eigenvalue weighted by molar-refractivity contribution is -0.121. The summed E-state index contributed by atoms with van der Waals surface area (Å²) >= 11 is 0. The number of carbonyl (C=O) groups is 2. The number of nitrogen functional groups attached to an aromatic ring is 1. The van der Waals surface area contributed by atoms with E-state index in [2.05, 4.69) is 5.32 Å². The first kappa shape index (κ1) is 15.8. The second-order valence-electron chi connectivity index (χ2n) is 4.98. The van der Waals surface area contributed by atoms with Gasteiger partial charge in [-0.05, 0) is 32.0 Å². The second kappa shape index (κ2) is 6.79. The highest BCUT2D eigenvalue weighted by Gasteiger charge is 2.14. The van der Waals surface area contributed by atoms with Crippen molar-refractivity contribution in [2.75, 3.05) is 24.2 Å². The van der Waals surface area contributed by atoms with Crippen LogP contribution in [0.15, 0.2) is 18.2 Å².